The molecule has 0 amide bonds. The van der Waals surface area contributed by atoms with E-state index in [0.717, 1.165) is 115 Å². The Morgan fingerprint density at radius 2 is 0.469 bits per heavy atom. The Labute approximate surface area is 600 Å². The van der Waals surface area contributed by atoms with Crippen LogP contribution in [0.4, 0.5) is 0 Å². The fraction of sp³-hybridized carbons (Fsp3) is 0.949. The van der Waals surface area contributed by atoms with Gasteiger partial charge in [-0.05, 0) is 37.5 Å². The minimum atomic E-state index is -4.96. The van der Waals surface area contributed by atoms with Gasteiger partial charge in [0.05, 0.1) is 26.4 Å². The molecule has 0 aromatic rings. The molecule has 19 heteroatoms. The fourth-order valence-corrected chi connectivity index (χ4v) is 13.8. The van der Waals surface area contributed by atoms with Gasteiger partial charge in [-0.3, -0.25) is 37.3 Å². The van der Waals surface area contributed by atoms with Crippen molar-refractivity contribution in [3.05, 3.63) is 0 Å². The molecule has 0 aliphatic rings. The van der Waals surface area contributed by atoms with Crippen molar-refractivity contribution < 1.29 is 80.2 Å². The lowest BCUT2D eigenvalue weighted by atomic mass is 10.0. The molecule has 2 unspecified atom stereocenters. The summed E-state index contributed by atoms with van der Waals surface area (Å²) in [5, 5.41) is 10.6. The van der Waals surface area contributed by atoms with Crippen molar-refractivity contribution in [1.82, 2.24) is 0 Å². The van der Waals surface area contributed by atoms with Crippen molar-refractivity contribution in [2.75, 3.05) is 39.6 Å². The maximum atomic E-state index is 13.1. The van der Waals surface area contributed by atoms with Gasteiger partial charge in [-0.1, -0.05) is 363 Å². The number of aliphatic hydroxyl groups is 1. The van der Waals surface area contributed by atoms with Crippen molar-refractivity contribution in [3.8, 4) is 0 Å². The maximum absolute atomic E-state index is 13.1. The molecule has 0 rings (SSSR count). The van der Waals surface area contributed by atoms with E-state index in [-0.39, 0.29) is 25.7 Å². The molecule has 0 bridgehead atoms. The van der Waals surface area contributed by atoms with Gasteiger partial charge in [0, 0.05) is 25.7 Å². The topological polar surface area (TPSA) is 237 Å². The maximum Gasteiger partial charge on any atom is 0.472 e. The molecule has 0 spiro atoms. The Kier molecular flexibility index (Phi) is 69.3. The Morgan fingerprint density at radius 3 is 0.694 bits per heavy atom. The molecule has 0 aliphatic carbocycles. The van der Waals surface area contributed by atoms with Gasteiger partial charge in [-0.2, -0.15) is 0 Å². The van der Waals surface area contributed by atoms with Crippen LogP contribution in [-0.2, 0) is 65.4 Å². The molecule has 5 atom stereocenters. The summed E-state index contributed by atoms with van der Waals surface area (Å²) in [7, 11) is -9.91. The summed E-state index contributed by atoms with van der Waals surface area (Å²) in [4.78, 5) is 72.8. The molecule has 0 aromatic heterocycles. The fourth-order valence-electron chi connectivity index (χ4n) is 12.2. The average molecular weight is 1440 g/mol. The second kappa shape index (κ2) is 70.7. The first-order valence-corrected chi connectivity index (χ1v) is 44.0. The van der Waals surface area contributed by atoms with Crippen LogP contribution < -0.4 is 0 Å². The van der Waals surface area contributed by atoms with Crippen molar-refractivity contribution in [2.45, 2.75) is 432 Å². The lowest BCUT2D eigenvalue weighted by Crippen LogP contribution is -2.30. The van der Waals surface area contributed by atoms with E-state index in [1.807, 2.05) is 0 Å². The number of aliphatic hydroxyl groups excluding tert-OH is 1. The molecule has 3 N–H and O–H groups in total. The highest BCUT2D eigenvalue weighted by molar-refractivity contribution is 7.47. The van der Waals surface area contributed by atoms with E-state index in [4.69, 9.17) is 37.0 Å². The third kappa shape index (κ3) is 72.4. The minimum Gasteiger partial charge on any atom is -0.462 e. The molecule has 98 heavy (non-hydrogen) atoms. The van der Waals surface area contributed by atoms with E-state index < -0.39 is 97.5 Å². The van der Waals surface area contributed by atoms with Gasteiger partial charge < -0.3 is 33.8 Å². The summed E-state index contributed by atoms with van der Waals surface area (Å²) in [5.41, 5.74) is 0. The van der Waals surface area contributed by atoms with Crippen LogP contribution in [0.3, 0.4) is 0 Å². The van der Waals surface area contributed by atoms with E-state index in [2.05, 4.69) is 41.5 Å². The zero-order valence-corrected chi connectivity index (χ0v) is 65.9. The molecule has 582 valence electrons. The number of unbranched alkanes of at least 4 members (excludes halogenated alkanes) is 48. The van der Waals surface area contributed by atoms with Crippen LogP contribution >= 0.6 is 15.6 Å². The predicted molar refractivity (Wildman–Crippen MR) is 400 cm³/mol. The van der Waals surface area contributed by atoms with Crippen LogP contribution in [-0.4, -0.2) is 96.7 Å². The number of ether oxygens (including phenoxy) is 4. The highest BCUT2D eigenvalue weighted by atomic mass is 31.2. The first-order valence-electron chi connectivity index (χ1n) is 41.0. The summed E-state index contributed by atoms with van der Waals surface area (Å²) in [6, 6.07) is 0. The molecule has 0 saturated heterocycles. The van der Waals surface area contributed by atoms with Gasteiger partial charge in [-0.15, -0.1) is 0 Å². The summed E-state index contributed by atoms with van der Waals surface area (Å²) < 4.78 is 68.5. The summed E-state index contributed by atoms with van der Waals surface area (Å²) in [6.45, 7) is 9.64. The van der Waals surface area contributed by atoms with Crippen molar-refractivity contribution in [3.63, 3.8) is 0 Å². The summed E-state index contributed by atoms with van der Waals surface area (Å²) in [5.74, 6) is -0.496. The second-order valence-electron chi connectivity index (χ2n) is 29.4. The molecule has 0 fully saturated rings. The molecule has 0 heterocycles. The van der Waals surface area contributed by atoms with Crippen LogP contribution in [0.25, 0.3) is 0 Å². The van der Waals surface area contributed by atoms with Crippen LogP contribution in [0.15, 0.2) is 0 Å². The van der Waals surface area contributed by atoms with Crippen molar-refractivity contribution in [1.29, 1.82) is 0 Å². The van der Waals surface area contributed by atoms with Crippen LogP contribution in [0.1, 0.15) is 414 Å². The van der Waals surface area contributed by atoms with Gasteiger partial charge in [0.25, 0.3) is 0 Å². The van der Waals surface area contributed by atoms with E-state index in [1.165, 1.54) is 218 Å². The SMILES string of the molecule is CCCCCCCCCCCCCCCC(=O)O[C@H](COC(=O)CCCCCCCCC)COP(=O)(O)OC[C@H](O)COP(=O)(O)OC[C@@H](COC(=O)CCCCCCCCCCCCCCCCC(C)C)OC(=O)CCCCCCCCCCCCCCCCCCCCC(C)C. The van der Waals surface area contributed by atoms with Crippen molar-refractivity contribution in [2.24, 2.45) is 11.8 Å². The zero-order valence-electron chi connectivity index (χ0n) is 64.1. The smallest absolute Gasteiger partial charge is 0.462 e. The van der Waals surface area contributed by atoms with Crippen LogP contribution in [0, 0.1) is 11.8 Å². The Bertz CT molecular complexity index is 1890. The zero-order chi connectivity index (χ0) is 72.1. The number of rotatable bonds is 78. The number of hydrogen-bond donors (Lipinski definition) is 3. The lowest BCUT2D eigenvalue weighted by Gasteiger charge is -2.21. The Balaban J connectivity index is 5.17. The Morgan fingerprint density at radius 1 is 0.276 bits per heavy atom. The van der Waals surface area contributed by atoms with E-state index >= 15 is 0 Å². The highest BCUT2D eigenvalue weighted by Crippen LogP contribution is 2.45. The van der Waals surface area contributed by atoms with E-state index in [1.54, 1.807) is 0 Å². The standard InChI is InChI=1S/C79H154O17P2/c1-7-9-11-13-15-16-17-26-34-39-45-51-57-63-78(83)95-74(67-89-76(81)61-55-49-41-14-12-10-8-2)69-93-97(85,86)91-65-73(80)66-92-98(87,88)94-70-75(68-90-77(82)62-56-50-44-38-33-29-25-24-28-32-37-43-48-54-60-72(5)6)96-79(84)64-58-52-46-40-35-30-23-21-19-18-20-22-27-31-36-42-47-53-59-71(3)4/h71-75,80H,7-70H2,1-6H3,(H,85,86)(H,87,88)/t73-,74+,75+/m0/s1. The third-order valence-electron chi connectivity index (χ3n) is 18.5. The van der Waals surface area contributed by atoms with Crippen LogP contribution in [0.2, 0.25) is 0 Å². The normalized spacial score (nSPS) is 13.9. The molecule has 17 nitrogen and oxygen atoms in total. The van der Waals surface area contributed by atoms with Gasteiger partial charge in [0.2, 0.25) is 0 Å². The first-order chi connectivity index (χ1) is 47.4. The molecular weight excluding hydrogens is 1280 g/mol. The summed E-state index contributed by atoms with van der Waals surface area (Å²) in [6.07, 6.45) is 59.8. The molecule has 0 aromatic carbocycles. The third-order valence-corrected chi connectivity index (χ3v) is 20.4. The number of phosphoric ester groups is 2. The van der Waals surface area contributed by atoms with Crippen LogP contribution in [0.5, 0.6) is 0 Å². The predicted octanol–water partition coefficient (Wildman–Crippen LogP) is 23.5. The quantitative estimate of drug-likeness (QED) is 0.0222. The van der Waals surface area contributed by atoms with E-state index in [0.29, 0.717) is 25.7 Å². The van der Waals surface area contributed by atoms with E-state index in [9.17, 15) is 43.2 Å². The van der Waals surface area contributed by atoms with Gasteiger partial charge in [-0.25, -0.2) is 9.13 Å². The second-order valence-corrected chi connectivity index (χ2v) is 32.3. The lowest BCUT2D eigenvalue weighted by molar-refractivity contribution is -0.161. The minimum absolute atomic E-state index is 0.107. The molecule has 0 saturated carbocycles. The molecule has 0 aliphatic heterocycles. The van der Waals surface area contributed by atoms with Gasteiger partial charge in [0.15, 0.2) is 12.2 Å². The van der Waals surface area contributed by atoms with Gasteiger partial charge in [0.1, 0.15) is 19.3 Å². The summed E-state index contributed by atoms with van der Waals surface area (Å²) >= 11 is 0. The largest absolute Gasteiger partial charge is 0.472 e. The number of carbonyl (C=O) groups is 4. The highest BCUT2D eigenvalue weighted by Gasteiger charge is 2.30. The average Bonchev–Trinajstić information content (AvgIpc) is 0.970. The Hall–Kier alpha value is -1.94. The van der Waals surface area contributed by atoms with Crippen molar-refractivity contribution >= 4 is 39.5 Å². The number of hydrogen-bond acceptors (Lipinski definition) is 15. The first kappa shape index (κ1) is 96.1. The monoisotopic (exact) mass is 1440 g/mol. The number of phosphoric acid groups is 2. The molecular formula is C79H154O17P2. The molecule has 0 radical (unpaired) electrons. The number of carbonyl (C=O) groups excluding carboxylic acids is 4. The number of esters is 4. The van der Waals surface area contributed by atoms with Gasteiger partial charge >= 0.3 is 39.5 Å².